The molecule has 0 saturated heterocycles. The Hall–Kier alpha value is -1.88. The maximum atomic E-state index is 5.81. The van der Waals surface area contributed by atoms with Crippen LogP contribution < -0.4 is 0 Å². The van der Waals surface area contributed by atoms with Gasteiger partial charge in [0.1, 0.15) is 5.69 Å². The van der Waals surface area contributed by atoms with E-state index in [-0.39, 0.29) is 5.28 Å². The number of nitrogens with zero attached hydrogens (tertiary/aromatic N) is 3. The summed E-state index contributed by atoms with van der Waals surface area (Å²) in [4.78, 5) is 11.3. The Morgan fingerprint density at radius 3 is 3.00 bits per heavy atom. The molecule has 0 radical (unpaired) electrons. The number of aromatic nitrogens is 5. The molecule has 3 rings (SSSR count). The summed E-state index contributed by atoms with van der Waals surface area (Å²) in [6.45, 7) is 0. The molecule has 0 aliphatic heterocycles. The van der Waals surface area contributed by atoms with Gasteiger partial charge in [0.15, 0.2) is 5.65 Å². The summed E-state index contributed by atoms with van der Waals surface area (Å²) in [7, 11) is 0. The molecule has 0 aromatic carbocycles. The molecule has 2 N–H and O–H groups in total. The second-order valence-electron chi connectivity index (χ2n) is 3.06. The Kier molecular flexibility index (Phi) is 1.72. The molecule has 74 valence electrons. The lowest BCUT2D eigenvalue weighted by Crippen LogP contribution is -1.89. The standard InChI is InChI=1S/C9H6ClN5/c10-9-13-7(6-2-1-3-11-6)5-4-12-15-8(5)14-9/h1-4,11H,(H,12,13,14,15). The highest BCUT2D eigenvalue weighted by Crippen LogP contribution is 2.24. The average Bonchev–Trinajstić information content (AvgIpc) is 2.86. The molecule has 3 aromatic heterocycles. The summed E-state index contributed by atoms with van der Waals surface area (Å²) in [5, 5.41) is 7.73. The topological polar surface area (TPSA) is 70.2 Å². The van der Waals surface area contributed by atoms with Crippen molar-refractivity contribution in [2.24, 2.45) is 0 Å². The molecule has 0 amide bonds. The molecule has 0 unspecified atom stereocenters. The van der Waals surface area contributed by atoms with E-state index < -0.39 is 0 Å². The van der Waals surface area contributed by atoms with Crippen molar-refractivity contribution in [3.05, 3.63) is 29.8 Å². The first-order valence-corrected chi connectivity index (χ1v) is 4.73. The van der Waals surface area contributed by atoms with Crippen LogP contribution in [0.15, 0.2) is 24.5 Å². The number of hydrogen-bond acceptors (Lipinski definition) is 3. The summed E-state index contributed by atoms with van der Waals surface area (Å²) in [6, 6.07) is 3.82. The highest BCUT2D eigenvalue weighted by atomic mass is 35.5. The second-order valence-corrected chi connectivity index (χ2v) is 3.40. The van der Waals surface area contributed by atoms with Gasteiger partial charge in [0.2, 0.25) is 5.28 Å². The Labute approximate surface area is 89.5 Å². The fourth-order valence-electron chi connectivity index (χ4n) is 1.49. The Bertz CT molecular complexity index is 598. The van der Waals surface area contributed by atoms with Crippen LogP contribution in [0.1, 0.15) is 0 Å². The maximum absolute atomic E-state index is 5.81. The predicted octanol–water partition coefficient (Wildman–Crippen LogP) is 2.00. The molecule has 0 atom stereocenters. The molecule has 0 aliphatic rings. The van der Waals surface area contributed by atoms with Gasteiger partial charge >= 0.3 is 0 Å². The van der Waals surface area contributed by atoms with Crippen LogP contribution in [0.2, 0.25) is 5.28 Å². The van der Waals surface area contributed by atoms with Gasteiger partial charge in [-0.3, -0.25) is 5.10 Å². The minimum atomic E-state index is 0.205. The van der Waals surface area contributed by atoms with Gasteiger partial charge in [-0.05, 0) is 23.7 Å². The van der Waals surface area contributed by atoms with Crippen LogP contribution in [0.3, 0.4) is 0 Å². The smallest absolute Gasteiger partial charge is 0.225 e. The van der Waals surface area contributed by atoms with Crippen molar-refractivity contribution in [2.75, 3.05) is 0 Å². The van der Waals surface area contributed by atoms with Gasteiger partial charge in [-0.25, -0.2) is 4.98 Å². The zero-order valence-corrected chi connectivity index (χ0v) is 8.28. The van der Waals surface area contributed by atoms with Crippen molar-refractivity contribution in [3.8, 4) is 11.4 Å². The average molecular weight is 220 g/mol. The van der Waals surface area contributed by atoms with Crippen LogP contribution in [-0.2, 0) is 0 Å². The van der Waals surface area contributed by atoms with Crippen LogP contribution in [0.4, 0.5) is 0 Å². The van der Waals surface area contributed by atoms with Crippen LogP contribution in [0.5, 0.6) is 0 Å². The van der Waals surface area contributed by atoms with E-state index in [2.05, 4.69) is 25.1 Å². The third kappa shape index (κ3) is 1.28. The molecule has 0 aliphatic carbocycles. The summed E-state index contributed by atoms with van der Waals surface area (Å²) in [5.41, 5.74) is 2.29. The zero-order valence-electron chi connectivity index (χ0n) is 7.53. The molecular formula is C9H6ClN5. The van der Waals surface area contributed by atoms with Crippen LogP contribution >= 0.6 is 11.6 Å². The summed E-state index contributed by atoms with van der Waals surface area (Å²) in [5.74, 6) is 0. The number of fused-ring (bicyclic) bond motifs is 1. The van der Waals surface area contributed by atoms with E-state index in [1.165, 1.54) is 0 Å². The lowest BCUT2D eigenvalue weighted by Gasteiger charge is -1.99. The lowest BCUT2D eigenvalue weighted by molar-refractivity contribution is 1.09. The third-order valence-corrected chi connectivity index (χ3v) is 2.30. The van der Waals surface area contributed by atoms with E-state index in [1.54, 1.807) is 6.20 Å². The van der Waals surface area contributed by atoms with Crippen LogP contribution in [0.25, 0.3) is 22.4 Å². The first-order valence-electron chi connectivity index (χ1n) is 4.35. The van der Waals surface area contributed by atoms with Gasteiger partial charge in [0, 0.05) is 6.20 Å². The van der Waals surface area contributed by atoms with Gasteiger partial charge in [-0.2, -0.15) is 10.1 Å². The van der Waals surface area contributed by atoms with Gasteiger partial charge < -0.3 is 4.98 Å². The number of nitrogens with one attached hydrogen (secondary N) is 2. The Morgan fingerprint density at radius 1 is 1.27 bits per heavy atom. The van der Waals surface area contributed by atoms with Crippen molar-refractivity contribution >= 4 is 22.6 Å². The number of aromatic amines is 2. The molecule has 0 spiro atoms. The van der Waals surface area contributed by atoms with E-state index in [0.29, 0.717) is 5.65 Å². The highest BCUT2D eigenvalue weighted by molar-refractivity contribution is 6.28. The van der Waals surface area contributed by atoms with Crippen molar-refractivity contribution in [1.29, 1.82) is 0 Å². The quantitative estimate of drug-likeness (QED) is 0.615. The molecule has 3 heterocycles. The van der Waals surface area contributed by atoms with Crippen molar-refractivity contribution in [1.82, 2.24) is 25.1 Å². The minimum Gasteiger partial charge on any atom is -0.360 e. The fourth-order valence-corrected chi connectivity index (χ4v) is 1.66. The van der Waals surface area contributed by atoms with Gasteiger partial charge in [0.25, 0.3) is 0 Å². The number of hydrogen-bond donors (Lipinski definition) is 2. The summed E-state index contributed by atoms with van der Waals surface area (Å²) < 4.78 is 0. The lowest BCUT2D eigenvalue weighted by atomic mass is 10.2. The number of H-pyrrole nitrogens is 2. The molecule has 0 saturated carbocycles. The highest BCUT2D eigenvalue weighted by Gasteiger charge is 2.10. The van der Waals surface area contributed by atoms with E-state index in [0.717, 1.165) is 16.8 Å². The Morgan fingerprint density at radius 2 is 2.20 bits per heavy atom. The third-order valence-electron chi connectivity index (χ3n) is 2.14. The largest absolute Gasteiger partial charge is 0.360 e. The second kappa shape index (κ2) is 3.06. The van der Waals surface area contributed by atoms with Crippen LogP contribution in [0, 0.1) is 0 Å². The van der Waals surface area contributed by atoms with Crippen LogP contribution in [-0.4, -0.2) is 25.1 Å². The zero-order chi connectivity index (χ0) is 10.3. The molecule has 0 bridgehead atoms. The molecule has 3 aromatic rings. The summed E-state index contributed by atoms with van der Waals surface area (Å²) in [6.07, 6.45) is 3.51. The molecule has 0 fully saturated rings. The van der Waals surface area contributed by atoms with Crippen molar-refractivity contribution < 1.29 is 0 Å². The monoisotopic (exact) mass is 219 g/mol. The maximum Gasteiger partial charge on any atom is 0.225 e. The minimum absolute atomic E-state index is 0.205. The summed E-state index contributed by atoms with van der Waals surface area (Å²) >= 11 is 5.81. The van der Waals surface area contributed by atoms with E-state index in [1.807, 2.05) is 18.3 Å². The normalized spacial score (nSPS) is 11.0. The molecule has 5 nitrogen and oxygen atoms in total. The number of halogens is 1. The van der Waals surface area contributed by atoms with E-state index in [4.69, 9.17) is 11.6 Å². The molecular weight excluding hydrogens is 214 g/mol. The predicted molar refractivity (Wildman–Crippen MR) is 56.5 cm³/mol. The molecule has 15 heavy (non-hydrogen) atoms. The van der Waals surface area contributed by atoms with E-state index >= 15 is 0 Å². The fraction of sp³-hybridized carbons (Fsp3) is 0. The van der Waals surface area contributed by atoms with Gasteiger partial charge in [-0.15, -0.1) is 0 Å². The first-order chi connectivity index (χ1) is 7.34. The molecule has 6 heteroatoms. The van der Waals surface area contributed by atoms with Crippen molar-refractivity contribution in [3.63, 3.8) is 0 Å². The first kappa shape index (κ1) is 8.43. The SMILES string of the molecule is Clc1nc(-c2ccc[nH]2)c2cn[nH]c2n1. The van der Waals surface area contributed by atoms with Gasteiger partial charge in [0.05, 0.1) is 17.3 Å². The van der Waals surface area contributed by atoms with Crippen molar-refractivity contribution in [2.45, 2.75) is 0 Å². The number of rotatable bonds is 1. The Balaban J connectivity index is 2.38. The van der Waals surface area contributed by atoms with E-state index in [9.17, 15) is 0 Å². The van der Waals surface area contributed by atoms with Gasteiger partial charge in [-0.1, -0.05) is 0 Å².